The van der Waals surface area contributed by atoms with E-state index in [9.17, 15) is 14.0 Å². The number of likely N-dealkylation sites (tertiary alicyclic amines) is 1. The second-order valence-electron chi connectivity index (χ2n) is 8.45. The second kappa shape index (κ2) is 8.65. The van der Waals surface area contributed by atoms with Crippen molar-refractivity contribution < 1.29 is 14.0 Å². The zero-order valence-electron chi connectivity index (χ0n) is 16.3. The number of carbonyl (C=O) groups excluding carboxylic acids is 2. The number of hydrogen-bond acceptors (Lipinski definition) is 2. The Bertz CT molecular complexity index is 639. The number of halogens is 1. The summed E-state index contributed by atoms with van der Waals surface area (Å²) in [5.41, 5.74) is 0.680. The lowest BCUT2D eigenvalue weighted by molar-refractivity contribution is -0.132. The number of hydrogen-bond donors (Lipinski definition) is 1. The summed E-state index contributed by atoms with van der Waals surface area (Å²) in [6.45, 7) is 9.65. The van der Waals surface area contributed by atoms with Crippen LogP contribution in [-0.2, 0) is 9.59 Å². The lowest BCUT2D eigenvalue weighted by atomic mass is 9.88. The monoisotopic (exact) mass is 362 g/mol. The molecule has 0 unspecified atom stereocenters. The van der Waals surface area contributed by atoms with Gasteiger partial charge in [0.1, 0.15) is 5.82 Å². The molecule has 1 saturated heterocycles. The minimum Gasteiger partial charge on any atom is -0.356 e. The Morgan fingerprint density at radius 3 is 2.62 bits per heavy atom. The molecular weight excluding hydrogens is 331 g/mol. The zero-order chi connectivity index (χ0) is 19.3. The molecule has 1 N–H and O–H groups in total. The van der Waals surface area contributed by atoms with Crippen LogP contribution < -0.4 is 5.32 Å². The van der Waals surface area contributed by atoms with Crippen LogP contribution in [0.5, 0.6) is 0 Å². The molecule has 1 heterocycles. The van der Waals surface area contributed by atoms with Crippen LogP contribution in [0.3, 0.4) is 0 Å². The third-order valence-electron chi connectivity index (χ3n) is 4.80. The number of carbonyl (C=O) groups is 2. The van der Waals surface area contributed by atoms with Crippen LogP contribution in [0.25, 0.3) is 0 Å². The summed E-state index contributed by atoms with van der Waals surface area (Å²) in [4.78, 5) is 27.1. The highest BCUT2D eigenvalue weighted by Crippen LogP contribution is 2.34. The highest BCUT2D eigenvalue weighted by molar-refractivity contribution is 5.83. The molecule has 2 amide bonds. The average Bonchev–Trinajstić information content (AvgIpc) is 2.99. The predicted molar refractivity (Wildman–Crippen MR) is 101 cm³/mol. The highest BCUT2D eigenvalue weighted by Gasteiger charge is 2.40. The van der Waals surface area contributed by atoms with E-state index in [1.807, 2.05) is 26.8 Å². The molecule has 1 aromatic carbocycles. The van der Waals surface area contributed by atoms with Crippen LogP contribution in [0.1, 0.15) is 58.4 Å². The van der Waals surface area contributed by atoms with E-state index in [-0.39, 0.29) is 34.9 Å². The largest absolute Gasteiger partial charge is 0.356 e. The van der Waals surface area contributed by atoms with Crippen molar-refractivity contribution in [3.05, 3.63) is 35.6 Å². The van der Waals surface area contributed by atoms with Crippen molar-refractivity contribution in [3.63, 3.8) is 0 Å². The highest BCUT2D eigenvalue weighted by atomic mass is 19.1. The summed E-state index contributed by atoms with van der Waals surface area (Å²) < 4.78 is 13.7. The zero-order valence-corrected chi connectivity index (χ0v) is 16.3. The third-order valence-corrected chi connectivity index (χ3v) is 4.80. The molecule has 0 aromatic heterocycles. The summed E-state index contributed by atoms with van der Waals surface area (Å²) in [6, 6.07) is 6.39. The molecule has 2 atom stereocenters. The van der Waals surface area contributed by atoms with E-state index in [0.29, 0.717) is 26.1 Å². The molecule has 0 aliphatic carbocycles. The summed E-state index contributed by atoms with van der Waals surface area (Å²) in [5, 5.41) is 2.98. The topological polar surface area (TPSA) is 49.4 Å². The van der Waals surface area contributed by atoms with Gasteiger partial charge in [0.2, 0.25) is 11.8 Å². The van der Waals surface area contributed by atoms with Gasteiger partial charge in [-0.05, 0) is 29.5 Å². The van der Waals surface area contributed by atoms with Crippen LogP contribution in [0.4, 0.5) is 4.39 Å². The molecule has 1 aromatic rings. The number of amides is 2. The van der Waals surface area contributed by atoms with Gasteiger partial charge in [-0.1, -0.05) is 46.2 Å². The second-order valence-corrected chi connectivity index (χ2v) is 8.45. The van der Waals surface area contributed by atoms with Gasteiger partial charge < -0.3 is 10.2 Å². The minimum atomic E-state index is -0.336. The van der Waals surface area contributed by atoms with Gasteiger partial charge in [-0.2, -0.15) is 0 Å². The van der Waals surface area contributed by atoms with E-state index < -0.39 is 0 Å². The molecule has 5 heteroatoms. The first-order chi connectivity index (χ1) is 12.2. The van der Waals surface area contributed by atoms with E-state index in [2.05, 4.69) is 12.2 Å². The van der Waals surface area contributed by atoms with Gasteiger partial charge in [0.15, 0.2) is 0 Å². The SMILES string of the molecule is CCCCNC(=O)[C@H]1CN(C(=O)CC(C)(C)C)C[C@H]1c1cccc(F)c1. The van der Waals surface area contributed by atoms with Crippen molar-refractivity contribution in [1.29, 1.82) is 0 Å². The number of rotatable bonds is 6. The molecular formula is C21H31FN2O2. The van der Waals surface area contributed by atoms with Crippen LogP contribution in [0, 0.1) is 17.2 Å². The van der Waals surface area contributed by atoms with E-state index >= 15 is 0 Å². The summed E-state index contributed by atoms with van der Waals surface area (Å²) >= 11 is 0. The van der Waals surface area contributed by atoms with E-state index in [1.54, 1.807) is 11.0 Å². The minimum absolute atomic E-state index is 0.0428. The van der Waals surface area contributed by atoms with Gasteiger partial charge in [-0.3, -0.25) is 9.59 Å². The van der Waals surface area contributed by atoms with Crippen molar-refractivity contribution in [2.24, 2.45) is 11.3 Å². The molecule has 1 aliphatic heterocycles. The molecule has 1 aliphatic rings. The van der Waals surface area contributed by atoms with Gasteiger partial charge >= 0.3 is 0 Å². The van der Waals surface area contributed by atoms with Crippen LogP contribution >= 0.6 is 0 Å². The Morgan fingerprint density at radius 1 is 1.27 bits per heavy atom. The van der Waals surface area contributed by atoms with Gasteiger partial charge in [-0.15, -0.1) is 0 Å². The smallest absolute Gasteiger partial charge is 0.225 e. The molecule has 0 bridgehead atoms. The summed E-state index contributed by atoms with van der Waals surface area (Å²) in [5.74, 6) is -0.803. The number of nitrogens with zero attached hydrogens (tertiary/aromatic N) is 1. The number of benzene rings is 1. The Labute approximate surface area is 156 Å². The lowest BCUT2D eigenvalue weighted by Gasteiger charge is -2.23. The number of unbranched alkanes of at least 4 members (excludes halogenated alkanes) is 1. The normalized spacial score (nSPS) is 20.3. The molecule has 0 spiro atoms. The number of nitrogens with one attached hydrogen (secondary N) is 1. The van der Waals surface area contributed by atoms with Gasteiger partial charge in [0.05, 0.1) is 5.92 Å². The van der Waals surface area contributed by atoms with Crippen molar-refractivity contribution in [3.8, 4) is 0 Å². The van der Waals surface area contributed by atoms with Crippen LogP contribution in [-0.4, -0.2) is 36.3 Å². The lowest BCUT2D eigenvalue weighted by Crippen LogP contribution is -2.36. The average molecular weight is 362 g/mol. The maximum Gasteiger partial charge on any atom is 0.225 e. The quantitative estimate of drug-likeness (QED) is 0.784. The summed E-state index contributed by atoms with van der Waals surface area (Å²) in [7, 11) is 0. The maximum absolute atomic E-state index is 13.7. The van der Waals surface area contributed by atoms with E-state index in [1.165, 1.54) is 12.1 Å². The Balaban J connectivity index is 2.18. The molecule has 4 nitrogen and oxygen atoms in total. The fourth-order valence-corrected chi connectivity index (χ4v) is 3.43. The first-order valence-electron chi connectivity index (χ1n) is 9.52. The van der Waals surface area contributed by atoms with Crippen molar-refractivity contribution in [2.45, 2.75) is 52.9 Å². The molecule has 144 valence electrons. The standard InChI is InChI=1S/C21H31FN2O2/c1-5-6-10-23-20(26)18-14-24(19(25)12-21(2,3)4)13-17(18)15-8-7-9-16(22)11-15/h7-9,11,17-18H,5-6,10,12-14H2,1-4H3,(H,23,26)/t17-,18-/m0/s1. The maximum atomic E-state index is 13.7. The van der Waals surface area contributed by atoms with Crippen molar-refractivity contribution in [2.75, 3.05) is 19.6 Å². The van der Waals surface area contributed by atoms with Gasteiger partial charge in [-0.25, -0.2) is 4.39 Å². The van der Waals surface area contributed by atoms with Crippen molar-refractivity contribution in [1.82, 2.24) is 10.2 Å². The van der Waals surface area contributed by atoms with E-state index in [0.717, 1.165) is 18.4 Å². The third kappa shape index (κ3) is 5.55. The van der Waals surface area contributed by atoms with Crippen LogP contribution in [0.15, 0.2) is 24.3 Å². The summed E-state index contributed by atoms with van der Waals surface area (Å²) in [6.07, 6.45) is 2.37. The Morgan fingerprint density at radius 2 is 2.00 bits per heavy atom. The molecule has 1 fully saturated rings. The Kier molecular flexibility index (Phi) is 6.79. The molecule has 0 saturated carbocycles. The van der Waals surface area contributed by atoms with Crippen LogP contribution in [0.2, 0.25) is 0 Å². The first-order valence-corrected chi connectivity index (χ1v) is 9.52. The van der Waals surface area contributed by atoms with Crippen molar-refractivity contribution >= 4 is 11.8 Å². The predicted octanol–water partition coefficient (Wildman–Crippen LogP) is 3.72. The molecule has 26 heavy (non-hydrogen) atoms. The fourth-order valence-electron chi connectivity index (χ4n) is 3.43. The van der Waals surface area contributed by atoms with E-state index in [4.69, 9.17) is 0 Å². The van der Waals surface area contributed by atoms with Gasteiger partial charge in [0.25, 0.3) is 0 Å². The first kappa shape index (κ1) is 20.4. The molecule has 2 rings (SSSR count). The van der Waals surface area contributed by atoms with Gasteiger partial charge in [0, 0.05) is 32.0 Å². The molecule has 0 radical (unpaired) electrons. The fraction of sp³-hybridized carbons (Fsp3) is 0.619. The Hall–Kier alpha value is -1.91.